The molecule has 126 valence electrons. The van der Waals surface area contributed by atoms with Crippen LogP contribution in [0.3, 0.4) is 0 Å². The van der Waals surface area contributed by atoms with Crippen LogP contribution in [0.5, 0.6) is 0 Å². The van der Waals surface area contributed by atoms with Crippen molar-refractivity contribution in [1.82, 2.24) is 0 Å². The Morgan fingerprint density at radius 2 is 2.17 bits per heavy atom. The van der Waals surface area contributed by atoms with Gasteiger partial charge in [-0.05, 0) is 49.2 Å². The molecule has 4 nitrogen and oxygen atoms in total. The van der Waals surface area contributed by atoms with Crippen molar-refractivity contribution in [3.8, 4) is 0 Å². The molecule has 2 aromatic carbocycles. The van der Waals surface area contributed by atoms with E-state index in [2.05, 4.69) is 10.6 Å². The van der Waals surface area contributed by atoms with Crippen LogP contribution in [0.15, 0.2) is 42.5 Å². The molecule has 1 amide bonds. The molecule has 2 aromatic rings. The number of benzene rings is 2. The highest BCUT2D eigenvalue weighted by Crippen LogP contribution is 2.21. The SMILES string of the molecule is O=C(Nc1ccc(NCC2CCCO2)c(F)c1)c1cccc(Cl)c1. The zero-order valence-electron chi connectivity index (χ0n) is 13.0. The van der Waals surface area contributed by atoms with Crippen LogP contribution in [-0.4, -0.2) is 25.2 Å². The standard InChI is InChI=1S/C18H18ClFN2O2/c19-13-4-1-3-12(9-13)18(23)22-14-6-7-17(16(20)10-14)21-11-15-5-2-8-24-15/h1,3-4,6-7,9-10,15,21H,2,5,8,11H2,(H,22,23). The Bertz CT molecular complexity index is 733. The number of hydrogen-bond acceptors (Lipinski definition) is 3. The topological polar surface area (TPSA) is 50.4 Å². The van der Waals surface area contributed by atoms with Crippen molar-refractivity contribution in [1.29, 1.82) is 0 Å². The van der Waals surface area contributed by atoms with Crippen LogP contribution in [0, 0.1) is 5.82 Å². The molecule has 1 heterocycles. The lowest BCUT2D eigenvalue weighted by Gasteiger charge is -2.13. The number of carbonyl (C=O) groups is 1. The minimum atomic E-state index is -0.420. The second-order valence-corrected chi connectivity index (χ2v) is 6.11. The summed E-state index contributed by atoms with van der Waals surface area (Å²) in [5.74, 6) is -0.756. The first-order valence-electron chi connectivity index (χ1n) is 7.84. The predicted molar refractivity (Wildman–Crippen MR) is 93.3 cm³/mol. The predicted octanol–water partition coefficient (Wildman–Crippen LogP) is 4.32. The first-order chi connectivity index (χ1) is 11.6. The van der Waals surface area contributed by atoms with Crippen LogP contribution < -0.4 is 10.6 Å². The smallest absolute Gasteiger partial charge is 0.255 e. The van der Waals surface area contributed by atoms with Crippen molar-refractivity contribution >= 4 is 28.9 Å². The Labute approximate surface area is 145 Å². The first-order valence-corrected chi connectivity index (χ1v) is 8.21. The van der Waals surface area contributed by atoms with Gasteiger partial charge in [-0.15, -0.1) is 0 Å². The van der Waals surface area contributed by atoms with Crippen LogP contribution in [-0.2, 0) is 4.74 Å². The lowest BCUT2D eigenvalue weighted by Crippen LogP contribution is -2.19. The second-order valence-electron chi connectivity index (χ2n) is 5.68. The maximum atomic E-state index is 14.2. The number of hydrogen-bond donors (Lipinski definition) is 2. The third-order valence-electron chi connectivity index (χ3n) is 3.86. The lowest BCUT2D eigenvalue weighted by atomic mass is 10.2. The van der Waals surface area contributed by atoms with E-state index in [0.29, 0.717) is 28.5 Å². The van der Waals surface area contributed by atoms with Gasteiger partial charge in [0.1, 0.15) is 5.82 Å². The van der Waals surface area contributed by atoms with E-state index in [1.165, 1.54) is 6.07 Å². The molecule has 1 fully saturated rings. The molecule has 3 rings (SSSR count). The van der Waals surface area contributed by atoms with Crippen molar-refractivity contribution in [3.05, 3.63) is 58.9 Å². The molecule has 0 aliphatic carbocycles. The average Bonchev–Trinajstić information content (AvgIpc) is 3.07. The summed E-state index contributed by atoms with van der Waals surface area (Å²) in [4.78, 5) is 12.1. The van der Waals surface area contributed by atoms with Gasteiger partial charge in [0.15, 0.2) is 0 Å². The molecule has 0 spiro atoms. The van der Waals surface area contributed by atoms with Gasteiger partial charge in [0.05, 0.1) is 11.8 Å². The van der Waals surface area contributed by atoms with Gasteiger partial charge < -0.3 is 15.4 Å². The van der Waals surface area contributed by atoms with E-state index in [-0.39, 0.29) is 12.0 Å². The van der Waals surface area contributed by atoms with E-state index in [4.69, 9.17) is 16.3 Å². The normalized spacial score (nSPS) is 16.8. The van der Waals surface area contributed by atoms with Gasteiger partial charge in [-0.1, -0.05) is 17.7 Å². The van der Waals surface area contributed by atoms with Crippen LogP contribution in [0.4, 0.5) is 15.8 Å². The van der Waals surface area contributed by atoms with Gasteiger partial charge in [0, 0.05) is 29.4 Å². The highest BCUT2D eigenvalue weighted by atomic mass is 35.5. The Kier molecular flexibility index (Phi) is 5.33. The van der Waals surface area contributed by atoms with Crippen molar-refractivity contribution in [3.63, 3.8) is 0 Å². The number of ether oxygens (including phenoxy) is 1. The Balaban J connectivity index is 1.62. The van der Waals surface area contributed by atoms with Crippen molar-refractivity contribution < 1.29 is 13.9 Å². The average molecular weight is 349 g/mol. The van der Waals surface area contributed by atoms with Crippen molar-refractivity contribution in [2.75, 3.05) is 23.8 Å². The van der Waals surface area contributed by atoms with Crippen molar-refractivity contribution in [2.24, 2.45) is 0 Å². The van der Waals surface area contributed by atoms with E-state index in [9.17, 15) is 9.18 Å². The number of rotatable bonds is 5. The molecule has 1 unspecified atom stereocenters. The van der Waals surface area contributed by atoms with E-state index in [1.54, 1.807) is 36.4 Å². The maximum absolute atomic E-state index is 14.2. The van der Waals surface area contributed by atoms with Crippen LogP contribution >= 0.6 is 11.6 Å². The highest BCUT2D eigenvalue weighted by Gasteiger charge is 2.16. The van der Waals surface area contributed by atoms with Gasteiger partial charge >= 0.3 is 0 Å². The summed E-state index contributed by atoms with van der Waals surface area (Å²) in [7, 11) is 0. The number of carbonyl (C=O) groups excluding carboxylic acids is 1. The van der Waals surface area contributed by atoms with Crippen LogP contribution in [0.1, 0.15) is 23.2 Å². The molecule has 1 aliphatic heterocycles. The summed E-state index contributed by atoms with van der Waals surface area (Å²) in [6.45, 7) is 1.34. The molecule has 6 heteroatoms. The Hall–Kier alpha value is -2.11. The fourth-order valence-electron chi connectivity index (χ4n) is 2.60. The highest BCUT2D eigenvalue weighted by molar-refractivity contribution is 6.31. The molecular weight excluding hydrogens is 331 g/mol. The quantitative estimate of drug-likeness (QED) is 0.846. The van der Waals surface area contributed by atoms with Gasteiger partial charge in [-0.2, -0.15) is 0 Å². The van der Waals surface area contributed by atoms with Gasteiger partial charge in [0.2, 0.25) is 0 Å². The van der Waals surface area contributed by atoms with E-state index in [0.717, 1.165) is 19.4 Å². The number of anilines is 2. The molecule has 0 aromatic heterocycles. The molecular formula is C18H18ClFN2O2. The molecule has 2 N–H and O–H groups in total. The number of amides is 1. The molecule has 0 bridgehead atoms. The summed E-state index contributed by atoms with van der Waals surface area (Å²) in [6.07, 6.45) is 2.16. The Morgan fingerprint density at radius 1 is 1.29 bits per heavy atom. The lowest BCUT2D eigenvalue weighted by molar-refractivity contribution is 0.102. The number of nitrogens with one attached hydrogen (secondary N) is 2. The van der Waals surface area contributed by atoms with Gasteiger partial charge in [-0.25, -0.2) is 4.39 Å². The van der Waals surface area contributed by atoms with Gasteiger partial charge in [0.25, 0.3) is 5.91 Å². The number of halogens is 2. The molecule has 1 saturated heterocycles. The molecule has 1 atom stereocenters. The summed E-state index contributed by atoms with van der Waals surface area (Å²) in [6, 6.07) is 11.1. The maximum Gasteiger partial charge on any atom is 0.255 e. The van der Waals surface area contributed by atoms with Crippen LogP contribution in [0.2, 0.25) is 5.02 Å². The fourth-order valence-corrected chi connectivity index (χ4v) is 2.79. The minimum absolute atomic E-state index is 0.131. The first kappa shape index (κ1) is 16.7. The third kappa shape index (κ3) is 4.24. The Morgan fingerprint density at radius 3 is 2.88 bits per heavy atom. The van der Waals surface area contributed by atoms with E-state index < -0.39 is 5.82 Å². The van der Waals surface area contributed by atoms with Crippen LogP contribution in [0.25, 0.3) is 0 Å². The zero-order chi connectivity index (χ0) is 16.9. The summed E-state index contributed by atoms with van der Waals surface area (Å²) in [5, 5.41) is 6.18. The van der Waals surface area contributed by atoms with Crippen molar-refractivity contribution in [2.45, 2.75) is 18.9 Å². The largest absolute Gasteiger partial charge is 0.380 e. The monoisotopic (exact) mass is 348 g/mol. The summed E-state index contributed by atoms with van der Waals surface area (Å²) < 4.78 is 19.7. The summed E-state index contributed by atoms with van der Waals surface area (Å²) >= 11 is 5.87. The second kappa shape index (κ2) is 7.64. The van der Waals surface area contributed by atoms with Gasteiger partial charge in [-0.3, -0.25) is 4.79 Å². The molecule has 0 radical (unpaired) electrons. The minimum Gasteiger partial charge on any atom is -0.380 e. The molecule has 0 saturated carbocycles. The van der Waals surface area contributed by atoms with E-state index in [1.807, 2.05) is 0 Å². The summed E-state index contributed by atoms with van der Waals surface area (Å²) in [5.41, 5.74) is 1.20. The molecule has 24 heavy (non-hydrogen) atoms. The van der Waals surface area contributed by atoms with E-state index >= 15 is 0 Å². The third-order valence-corrected chi connectivity index (χ3v) is 4.09. The zero-order valence-corrected chi connectivity index (χ0v) is 13.8. The molecule has 1 aliphatic rings. The fraction of sp³-hybridized carbons (Fsp3) is 0.278.